The molecule has 2 unspecified atom stereocenters. The van der Waals surface area contributed by atoms with E-state index in [0.29, 0.717) is 12.1 Å². The highest BCUT2D eigenvalue weighted by molar-refractivity contribution is 9.10. The Labute approximate surface area is 119 Å². The quantitative estimate of drug-likeness (QED) is 0.918. The molecule has 3 heteroatoms. The summed E-state index contributed by atoms with van der Waals surface area (Å²) in [7, 11) is 0. The van der Waals surface area contributed by atoms with Crippen molar-refractivity contribution in [2.75, 3.05) is 19.6 Å². The lowest BCUT2D eigenvalue weighted by Gasteiger charge is -2.30. The van der Waals surface area contributed by atoms with Crippen LogP contribution in [0.25, 0.3) is 0 Å². The van der Waals surface area contributed by atoms with E-state index >= 15 is 0 Å². The molecule has 1 aromatic carbocycles. The van der Waals surface area contributed by atoms with Crippen molar-refractivity contribution in [3.8, 4) is 0 Å². The maximum absolute atomic E-state index is 3.63. The standard InChI is InChI=1S/C15H23BrN2/c1-3-15-11-18(10-4-9-17-15)12(2)13-5-7-14(16)8-6-13/h5-8,12,15,17H,3-4,9-11H2,1-2H3. The fourth-order valence-corrected chi connectivity index (χ4v) is 2.87. The van der Waals surface area contributed by atoms with Gasteiger partial charge in [-0.05, 0) is 44.0 Å². The number of benzene rings is 1. The minimum Gasteiger partial charge on any atom is -0.313 e. The average molecular weight is 311 g/mol. The number of nitrogens with zero attached hydrogens (tertiary/aromatic N) is 1. The van der Waals surface area contributed by atoms with Gasteiger partial charge in [-0.2, -0.15) is 0 Å². The van der Waals surface area contributed by atoms with Crippen molar-refractivity contribution < 1.29 is 0 Å². The van der Waals surface area contributed by atoms with Crippen LogP contribution < -0.4 is 5.32 Å². The summed E-state index contributed by atoms with van der Waals surface area (Å²) in [4.78, 5) is 2.61. The zero-order valence-electron chi connectivity index (χ0n) is 11.3. The molecule has 0 aromatic heterocycles. The Balaban J connectivity index is 2.06. The van der Waals surface area contributed by atoms with Gasteiger partial charge in [-0.3, -0.25) is 4.90 Å². The third-order valence-electron chi connectivity index (χ3n) is 3.90. The molecule has 1 aliphatic rings. The van der Waals surface area contributed by atoms with Crippen molar-refractivity contribution in [1.29, 1.82) is 0 Å². The van der Waals surface area contributed by atoms with Gasteiger partial charge in [0.15, 0.2) is 0 Å². The molecule has 0 aliphatic carbocycles. The van der Waals surface area contributed by atoms with Crippen LogP contribution in [-0.2, 0) is 0 Å². The van der Waals surface area contributed by atoms with E-state index < -0.39 is 0 Å². The van der Waals surface area contributed by atoms with Gasteiger partial charge in [0.2, 0.25) is 0 Å². The monoisotopic (exact) mass is 310 g/mol. The van der Waals surface area contributed by atoms with E-state index in [0.717, 1.165) is 17.6 Å². The van der Waals surface area contributed by atoms with Crippen LogP contribution in [0, 0.1) is 0 Å². The first kappa shape index (κ1) is 14.0. The molecule has 0 spiro atoms. The highest BCUT2D eigenvalue weighted by atomic mass is 79.9. The molecule has 0 amide bonds. The SMILES string of the molecule is CCC1CN(C(C)c2ccc(Br)cc2)CCCN1. The van der Waals surface area contributed by atoms with Crippen LogP contribution in [0.3, 0.4) is 0 Å². The Morgan fingerprint density at radius 2 is 2.11 bits per heavy atom. The summed E-state index contributed by atoms with van der Waals surface area (Å²) in [5, 5.41) is 3.63. The lowest BCUT2D eigenvalue weighted by atomic mass is 10.1. The van der Waals surface area contributed by atoms with E-state index in [1.54, 1.807) is 0 Å². The molecule has 1 fully saturated rings. The van der Waals surface area contributed by atoms with Crippen LogP contribution in [0.15, 0.2) is 28.7 Å². The molecule has 18 heavy (non-hydrogen) atoms. The molecule has 0 radical (unpaired) electrons. The highest BCUT2D eigenvalue weighted by Gasteiger charge is 2.21. The molecule has 100 valence electrons. The van der Waals surface area contributed by atoms with Gasteiger partial charge in [0.25, 0.3) is 0 Å². The Morgan fingerprint density at radius 1 is 1.39 bits per heavy atom. The topological polar surface area (TPSA) is 15.3 Å². The van der Waals surface area contributed by atoms with Crippen molar-refractivity contribution in [3.05, 3.63) is 34.3 Å². The van der Waals surface area contributed by atoms with Crippen LogP contribution in [-0.4, -0.2) is 30.6 Å². The van der Waals surface area contributed by atoms with Gasteiger partial charge in [-0.1, -0.05) is 35.0 Å². The van der Waals surface area contributed by atoms with E-state index in [1.165, 1.54) is 24.9 Å². The number of halogens is 1. The lowest BCUT2D eigenvalue weighted by molar-refractivity contribution is 0.205. The van der Waals surface area contributed by atoms with Gasteiger partial charge >= 0.3 is 0 Å². The van der Waals surface area contributed by atoms with Crippen LogP contribution in [0.2, 0.25) is 0 Å². The minimum absolute atomic E-state index is 0.507. The zero-order valence-corrected chi connectivity index (χ0v) is 12.9. The molecular weight excluding hydrogens is 288 g/mol. The third kappa shape index (κ3) is 3.56. The lowest BCUT2D eigenvalue weighted by Crippen LogP contribution is -2.38. The fourth-order valence-electron chi connectivity index (χ4n) is 2.60. The molecule has 1 N–H and O–H groups in total. The van der Waals surface area contributed by atoms with Crippen molar-refractivity contribution >= 4 is 15.9 Å². The van der Waals surface area contributed by atoms with Crippen molar-refractivity contribution in [2.24, 2.45) is 0 Å². The van der Waals surface area contributed by atoms with Crippen molar-refractivity contribution in [3.63, 3.8) is 0 Å². The van der Waals surface area contributed by atoms with Crippen LogP contribution in [0.5, 0.6) is 0 Å². The summed E-state index contributed by atoms with van der Waals surface area (Å²) in [6, 6.07) is 9.89. The summed E-state index contributed by atoms with van der Waals surface area (Å²) in [6.45, 7) is 8.10. The van der Waals surface area contributed by atoms with Gasteiger partial charge in [-0.25, -0.2) is 0 Å². The molecule has 1 saturated heterocycles. The van der Waals surface area contributed by atoms with E-state index in [1.807, 2.05) is 0 Å². The maximum atomic E-state index is 3.63. The first-order valence-corrected chi connectivity index (χ1v) is 7.73. The molecule has 2 atom stereocenters. The second-order valence-electron chi connectivity index (χ2n) is 5.14. The predicted molar refractivity (Wildman–Crippen MR) is 80.8 cm³/mol. The van der Waals surface area contributed by atoms with E-state index in [2.05, 4.69) is 64.3 Å². The Bertz CT molecular complexity index is 363. The summed E-state index contributed by atoms with van der Waals surface area (Å²) >= 11 is 3.50. The van der Waals surface area contributed by atoms with E-state index in [9.17, 15) is 0 Å². The van der Waals surface area contributed by atoms with E-state index in [-0.39, 0.29) is 0 Å². The molecular formula is C15H23BrN2. The molecule has 1 heterocycles. The maximum Gasteiger partial charge on any atom is 0.0320 e. The molecule has 0 saturated carbocycles. The van der Waals surface area contributed by atoms with Crippen LogP contribution >= 0.6 is 15.9 Å². The first-order chi connectivity index (χ1) is 8.70. The number of nitrogens with one attached hydrogen (secondary N) is 1. The third-order valence-corrected chi connectivity index (χ3v) is 4.43. The van der Waals surface area contributed by atoms with E-state index in [4.69, 9.17) is 0 Å². The first-order valence-electron chi connectivity index (χ1n) is 6.93. The van der Waals surface area contributed by atoms with Gasteiger partial charge in [-0.15, -0.1) is 0 Å². The minimum atomic E-state index is 0.507. The zero-order chi connectivity index (χ0) is 13.0. The summed E-state index contributed by atoms with van der Waals surface area (Å²) in [6.07, 6.45) is 2.46. The van der Waals surface area contributed by atoms with Gasteiger partial charge in [0, 0.05) is 29.6 Å². The van der Waals surface area contributed by atoms with Crippen molar-refractivity contribution in [2.45, 2.75) is 38.8 Å². The Morgan fingerprint density at radius 3 is 2.78 bits per heavy atom. The van der Waals surface area contributed by atoms with Gasteiger partial charge in [0.1, 0.15) is 0 Å². The second kappa shape index (κ2) is 6.69. The molecule has 1 aliphatic heterocycles. The average Bonchev–Trinajstić information content (AvgIpc) is 2.64. The normalized spacial score (nSPS) is 23.6. The molecule has 2 rings (SSSR count). The molecule has 2 nitrogen and oxygen atoms in total. The number of hydrogen-bond acceptors (Lipinski definition) is 2. The predicted octanol–water partition coefficient (Wildman–Crippen LogP) is 3.58. The molecule has 0 bridgehead atoms. The summed E-state index contributed by atoms with van der Waals surface area (Å²) in [5.41, 5.74) is 1.41. The van der Waals surface area contributed by atoms with Gasteiger partial charge in [0.05, 0.1) is 0 Å². The van der Waals surface area contributed by atoms with Gasteiger partial charge < -0.3 is 5.32 Å². The van der Waals surface area contributed by atoms with Crippen molar-refractivity contribution in [1.82, 2.24) is 10.2 Å². The molecule has 1 aromatic rings. The summed E-state index contributed by atoms with van der Waals surface area (Å²) < 4.78 is 1.16. The fraction of sp³-hybridized carbons (Fsp3) is 0.600. The number of hydrogen-bond donors (Lipinski definition) is 1. The second-order valence-corrected chi connectivity index (χ2v) is 6.05. The largest absolute Gasteiger partial charge is 0.313 e. The van der Waals surface area contributed by atoms with Crippen LogP contribution in [0.4, 0.5) is 0 Å². The Hall–Kier alpha value is -0.380. The summed E-state index contributed by atoms with van der Waals surface area (Å²) in [5.74, 6) is 0. The smallest absolute Gasteiger partial charge is 0.0320 e. The number of rotatable bonds is 3. The Kier molecular flexibility index (Phi) is 5.22. The van der Waals surface area contributed by atoms with Crippen LogP contribution in [0.1, 0.15) is 38.3 Å². The highest BCUT2D eigenvalue weighted by Crippen LogP contribution is 2.23.